The number of halogens is 3. The number of aromatic nitrogens is 3. The first-order valence-electron chi connectivity index (χ1n) is 9.30. The minimum absolute atomic E-state index is 0.141. The molecule has 0 saturated carbocycles. The summed E-state index contributed by atoms with van der Waals surface area (Å²) >= 11 is 4.74. The van der Waals surface area contributed by atoms with Gasteiger partial charge in [-0.1, -0.05) is 0 Å². The first-order chi connectivity index (χ1) is 14.7. The Morgan fingerprint density at radius 2 is 2.03 bits per heavy atom. The van der Waals surface area contributed by atoms with Crippen LogP contribution in [0.3, 0.4) is 0 Å². The summed E-state index contributed by atoms with van der Waals surface area (Å²) in [7, 11) is 0. The van der Waals surface area contributed by atoms with Crippen molar-refractivity contribution in [2.45, 2.75) is 18.6 Å². The van der Waals surface area contributed by atoms with Gasteiger partial charge in [0.1, 0.15) is 11.6 Å². The van der Waals surface area contributed by atoms with Crippen LogP contribution in [-0.2, 0) is 0 Å². The third-order valence-electron chi connectivity index (χ3n) is 4.63. The molecule has 1 fully saturated rings. The molecule has 3 N–H and O–H groups in total. The molecule has 0 atom stereocenters. The Morgan fingerprint density at radius 1 is 1.32 bits per heavy atom. The topological polar surface area (TPSA) is 103 Å². The van der Waals surface area contributed by atoms with Crippen LogP contribution in [0.2, 0.25) is 0 Å². The first kappa shape index (κ1) is 21.0. The van der Waals surface area contributed by atoms with Gasteiger partial charge in [0.25, 0.3) is 5.91 Å². The third-order valence-corrected chi connectivity index (χ3v) is 4.71. The van der Waals surface area contributed by atoms with Crippen LogP contribution in [0.4, 0.5) is 20.3 Å². The number of β-amino-alcohol motifs (C(OH)–C–C–N with tert-alkyl or cyclic N) is 1. The van der Waals surface area contributed by atoms with Gasteiger partial charge in [-0.15, -0.1) is 8.78 Å². The van der Waals surface area contributed by atoms with Crippen LogP contribution >= 0.6 is 11.6 Å². The van der Waals surface area contributed by atoms with E-state index in [1.54, 1.807) is 6.07 Å². The highest BCUT2D eigenvalue weighted by Gasteiger charge is 2.29. The molecular formula is C20H18ClF2N5O3. The molecule has 1 saturated heterocycles. The van der Waals surface area contributed by atoms with Crippen molar-refractivity contribution >= 4 is 29.0 Å². The maximum atomic E-state index is 12.7. The Balaban J connectivity index is 1.55. The van der Waals surface area contributed by atoms with Crippen LogP contribution in [0.25, 0.3) is 11.3 Å². The van der Waals surface area contributed by atoms with Gasteiger partial charge in [-0.25, -0.2) is 4.98 Å². The van der Waals surface area contributed by atoms with Gasteiger partial charge in [-0.2, -0.15) is 5.10 Å². The summed E-state index contributed by atoms with van der Waals surface area (Å²) in [5, 5.41) is 19.4. The van der Waals surface area contributed by atoms with Gasteiger partial charge in [-0.3, -0.25) is 9.89 Å². The number of alkyl halides is 3. The Hall–Kier alpha value is -3.24. The predicted molar refractivity (Wildman–Crippen MR) is 111 cm³/mol. The number of aryl methyl sites for hydroxylation is 1. The van der Waals surface area contributed by atoms with E-state index in [-0.39, 0.29) is 5.75 Å². The van der Waals surface area contributed by atoms with Crippen molar-refractivity contribution in [3.05, 3.63) is 53.9 Å². The lowest BCUT2D eigenvalue weighted by Crippen LogP contribution is -2.51. The lowest BCUT2D eigenvalue weighted by molar-refractivity contribution is -0.0964. The number of anilines is 2. The summed E-state index contributed by atoms with van der Waals surface area (Å²) in [6.45, 7) is 2.74. The molecular weight excluding hydrogens is 432 g/mol. The van der Waals surface area contributed by atoms with Crippen molar-refractivity contribution < 1.29 is 23.4 Å². The van der Waals surface area contributed by atoms with E-state index in [0.717, 1.165) is 5.69 Å². The normalized spacial score (nSPS) is 14.3. The molecule has 1 aliphatic heterocycles. The number of H-pyrrole nitrogens is 1. The summed E-state index contributed by atoms with van der Waals surface area (Å²) in [6.07, 6.45) is 1.03. The molecule has 0 aliphatic carbocycles. The Labute approximate surface area is 180 Å². The van der Waals surface area contributed by atoms with Crippen LogP contribution < -0.4 is 15.0 Å². The van der Waals surface area contributed by atoms with Crippen molar-refractivity contribution in [1.82, 2.24) is 15.2 Å². The summed E-state index contributed by atoms with van der Waals surface area (Å²) in [5.74, 6) is 0.0585. The maximum absolute atomic E-state index is 12.7. The Morgan fingerprint density at radius 3 is 2.61 bits per heavy atom. The van der Waals surface area contributed by atoms with Crippen LogP contribution in [0.5, 0.6) is 5.75 Å². The minimum atomic E-state index is -3.81. The van der Waals surface area contributed by atoms with Crippen molar-refractivity contribution in [2.24, 2.45) is 0 Å². The fraction of sp³-hybridized carbons (Fsp3) is 0.250. The molecule has 2 aromatic heterocycles. The van der Waals surface area contributed by atoms with Gasteiger partial charge in [0.15, 0.2) is 0 Å². The monoisotopic (exact) mass is 449 g/mol. The van der Waals surface area contributed by atoms with Crippen LogP contribution in [-0.4, -0.2) is 51.0 Å². The van der Waals surface area contributed by atoms with Crippen LogP contribution in [0.1, 0.15) is 16.1 Å². The number of aliphatic hydroxyl groups is 1. The molecule has 0 bridgehead atoms. The summed E-state index contributed by atoms with van der Waals surface area (Å²) in [4.78, 5) is 19.1. The number of hydrogen-bond acceptors (Lipinski definition) is 6. The third kappa shape index (κ3) is 4.92. The average molecular weight is 450 g/mol. The molecule has 1 amide bonds. The van der Waals surface area contributed by atoms with E-state index < -0.39 is 17.6 Å². The minimum Gasteiger partial charge on any atom is -0.420 e. The maximum Gasteiger partial charge on any atom is 0.487 e. The van der Waals surface area contributed by atoms with Gasteiger partial charge in [0, 0.05) is 42.1 Å². The number of nitrogens with one attached hydrogen (secondary N) is 2. The fourth-order valence-corrected chi connectivity index (χ4v) is 3.25. The van der Waals surface area contributed by atoms with E-state index in [2.05, 4.69) is 25.2 Å². The average Bonchev–Trinajstić information content (AvgIpc) is 3.12. The Kier molecular flexibility index (Phi) is 5.50. The van der Waals surface area contributed by atoms with Crippen LogP contribution in [0.15, 0.2) is 42.6 Å². The Bertz CT molecular complexity index is 1090. The number of ether oxygens (including phenoxy) is 1. The molecule has 1 aliphatic rings. The molecule has 0 unspecified atom stereocenters. The molecule has 1 aromatic carbocycles. The quantitative estimate of drug-likeness (QED) is 0.498. The summed E-state index contributed by atoms with van der Waals surface area (Å²) in [5.41, 5.74) is -0.993. The SMILES string of the molecule is Cc1cc(-c2cc(C(=O)Nc3ccc(OC(F)(F)Cl)cc3)cnc2N2CC(O)C2)[nH]n1. The number of hydrogen-bond donors (Lipinski definition) is 3. The number of pyridine rings is 1. The second kappa shape index (κ2) is 8.12. The van der Waals surface area contributed by atoms with E-state index in [4.69, 9.17) is 11.6 Å². The summed E-state index contributed by atoms with van der Waals surface area (Å²) < 4.78 is 29.7. The first-order valence-corrected chi connectivity index (χ1v) is 9.68. The number of aliphatic hydroxyl groups excluding tert-OH is 1. The number of nitrogens with zero attached hydrogens (tertiary/aromatic N) is 3. The lowest BCUT2D eigenvalue weighted by Gasteiger charge is -2.37. The molecule has 162 valence electrons. The van der Waals surface area contributed by atoms with Gasteiger partial charge in [-0.05, 0) is 43.3 Å². The number of carbonyl (C=O) groups excluding carboxylic acids is 1. The zero-order valence-electron chi connectivity index (χ0n) is 16.3. The van der Waals surface area contributed by atoms with Crippen molar-refractivity contribution in [3.8, 4) is 17.0 Å². The van der Waals surface area contributed by atoms with E-state index in [1.807, 2.05) is 17.9 Å². The second-order valence-electron chi connectivity index (χ2n) is 7.10. The molecule has 11 heteroatoms. The number of benzene rings is 1. The highest BCUT2D eigenvalue weighted by atomic mass is 35.5. The highest BCUT2D eigenvalue weighted by molar-refractivity contribution is 6.20. The molecule has 4 rings (SSSR count). The zero-order valence-corrected chi connectivity index (χ0v) is 17.0. The van der Waals surface area contributed by atoms with Crippen molar-refractivity contribution in [2.75, 3.05) is 23.3 Å². The number of carbonyl (C=O) groups is 1. The van der Waals surface area contributed by atoms with Gasteiger partial charge >= 0.3 is 5.57 Å². The van der Waals surface area contributed by atoms with Crippen LogP contribution in [0, 0.1) is 6.92 Å². The standard InChI is InChI=1S/C20H18ClF2N5O3/c1-11-6-17(27-26-11)16-7-12(8-24-18(16)28-9-14(29)10-28)19(30)25-13-2-4-15(5-3-13)31-20(21,22)23/h2-8,14,29H,9-10H2,1H3,(H,25,30)(H,26,27). The van der Waals surface area contributed by atoms with Gasteiger partial charge < -0.3 is 20.1 Å². The van der Waals surface area contributed by atoms with E-state index >= 15 is 0 Å². The van der Waals surface area contributed by atoms with E-state index in [1.165, 1.54) is 30.5 Å². The molecule has 3 heterocycles. The smallest absolute Gasteiger partial charge is 0.420 e. The van der Waals surface area contributed by atoms with Gasteiger partial charge in [0.2, 0.25) is 0 Å². The molecule has 0 radical (unpaired) electrons. The highest BCUT2D eigenvalue weighted by Crippen LogP contribution is 2.32. The lowest BCUT2D eigenvalue weighted by atomic mass is 10.1. The van der Waals surface area contributed by atoms with E-state index in [0.29, 0.717) is 41.4 Å². The van der Waals surface area contributed by atoms with Crippen molar-refractivity contribution in [1.29, 1.82) is 0 Å². The number of rotatable bonds is 6. The number of aromatic amines is 1. The van der Waals surface area contributed by atoms with Crippen molar-refractivity contribution in [3.63, 3.8) is 0 Å². The second-order valence-corrected chi connectivity index (χ2v) is 7.54. The molecule has 3 aromatic rings. The molecule has 0 spiro atoms. The molecule has 31 heavy (non-hydrogen) atoms. The summed E-state index contributed by atoms with van der Waals surface area (Å²) in [6, 6.07) is 8.88. The van der Waals surface area contributed by atoms with E-state index in [9.17, 15) is 18.7 Å². The zero-order chi connectivity index (χ0) is 22.2. The fourth-order valence-electron chi connectivity index (χ4n) is 3.16. The largest absolute Gasteiger partial charge is 0.487 e. The number of amides is 1. The predicted octanol–water partition coefficient (Wildman–Crippen LogP) is 3.38. The molecule has 8 nitrogen and oxygen atoms in total. The van der Waals surface area contributed by atoms with Gasteiger partial charge in [0.05, 0.1) is 23.1 Å².